The van der Waals surface area contributed by atoms with E-state index in [1.807, 2.05) is 82.6 Å². The van der Waals surface area contributed by atoms with Gasteiger partial charge in [0.25, 0.3) is 11.5 Å². The SMILES string of the molecule is Cc1ccsc1/C=C1\N=C(SC(C)C)N(c2c(C)n(C)n(-c3ccccc3)c2=O)C1=O. The van der Waals surface area contributed by atoms with Crippen molar-refractivity contribution < 1.29 is 4.79 Å². The van der Waals surface area contributed by atoms with Crippen LogP contribution in [0.25, 0.3) is 11.8 Å². The van der Waals surface area contributed by atoms with Crippen molar-refractivity contribution in [2.24, 2.45) is 12.0 Å². The van der Waals surface area contributed by atoms with Gasteiger partial charge in [0, 0.05) is 17.2 Å². The first-order valence-corrected chi connectivity index (χ1v) is 11.7. The van der Waals surface area contributed by atoms with Crippen LogP contribution in [0.4, 0.5) is 5.69 Å². The predicted molar refractivity (Wildman–Crippen MR) is 130 cm³/mol. The monoisotopic (exact) mass is 452 g/mol. The highest BCUT2D eigenvalue weighted by atomic mass is 32.2. The molecule has 31 heavy (non-hydrogen) atoms. The van der Waals surface area contributed by atoms with E-state index in [1.165, 1.54) is 16.7 Å². The van der Waals surface area contributed by atoms with Gasteiger partial charge in [0.1, 0.15) is 11.4 Å². The second-order valence-corrected chi connectivity index (χ2v) is 10.1. The molecule has 0 N–H and O–H groups in total. The molecule has 4 rings (SSSR count). The molecule has 0 atom stereocenters. The Labute approximate surface area is 189 Å². The molecule has 2 aromatic heterocycles. The van der Waals surface area contributed by atoms with Crippen LogP contribution >= 0.6 is 23.1 Å². The van der Waals surface area contributed by atoms with Gasteiger partial charge in [-0.05, 0) is 49.1 Å². The van der Waals surface area contributed by atoms with Gasteiger partial charge in [-0.1, -0.05) is 43.8 Å². The Morgan fingerprint density at radius 3 is 2.42 bits per heavy atom. The third kappa shape index (κ3) is 3.81. The summed E-state index contributed by atoms with van der Waals surface area (Å²) >= 11 is 3.05. The topological polar surface area (TPSA) is 59.6 Å². The largest absolute Gasteiger partial charge is 0.296 e. The number of aryl methyl sites for hydroxylation is 1. The van der Waals surface area contributed by atoms with Gasteiger partial charge in [0.2, 0.25) is 0 Å². The minimum absolute atomic E-state index is 0.206. The summed E-state index contributed by atoms with van der Waals surface area (Å²) in [5, 5.41) is 2.73. The second-order valence-electron chi connectivity index (χ2n) is 7.61. The normalized spacial score (nSPS) is 15.4. The molecular formula is C23H24N4O2S2. The van der Waals surface area contributed by atoms with Gasteiger partial charge < -0.3 is 0 Å². The molecule has 0 radical (unpaired) electrons. The number of para-hydroxylation sites is 1. The zero-order valence-electron chi connectivity index (χ0n) is 18.1. The zero-order valence-corrected chi connectivity index (χ0v) is 19.8. The van der Waals surface area contributed by atoms with Crippen LogP contribution in [0.1, 0.15) is 30.0 Å². The van der Waals surface area contributed by atoms with Crippen LogP contribution in [0.15, 0.2) is 57.3 Å². The highest BCUT2D eigenvalue weighted by molar-refractivity contribution is 8.14. The van der Waals surface area contributed by atoms with E-state index >= 15 is 0 Å². The smallest absolute Gasteiger partial charge is 0.283 e. The number of aromatic nitrogens is 2. The Morgan fingerprint density at radius 1 is 1.10 bits per heavy atom. The molecule has 0 aliphatic carbocycles. The van der Waals surface area contributed by atoms with Crippen molar-refractivity contribution in [2.75, 3.05) is 4.90 Å². The number of amides is 1. The third-order valence-electron chi connectivity index (χ3n) is 5.09. The standard InChI is InChI=1S/C23H24N4O2S2/c1-14(2)31-23-24-18(13-19-15(3)11-12-30-19)21(28)26(23)20-16(4)25(5)27(22(20)29)17-9-7-6-8-10-17/h6-14H,1-5H3/b18-13-. The first kappa shape index (κ1) is 21.4. The van der Waals surface area contributed by atoms with E-state index in [-0.39, 0.29) is 16.7 Å². The second kappa shape index (κ2) is 8.36. The fourth-order valence-electron chi connectivity index (χ4n) is 3.45. The van der Waals surface area contributed by atoms with Gasteiger partial charge in [-0.2, -0.15) is 0 Å². The van der Waals surface area contributed by atoms with Crippen LogP contribution in [-0.2, 0) is 11.8 Å². The van der Waals surface area contributed by atoms with Gasteiger partial charge in [-0.3, -0.25) is 14.3 Å². The Hall–Kier alpha value is -2.84. The van der Waals surface area contributed by atoms with E-state index < -0.39 is 0 Å². The number of anilines is 1. The summed E-state index contributed by atoms with van der Waals surface area (Å²) in [7, 11) is 1.83. The molecule has 0 spiro atoms. The molecule has 0 saturated carbocycles. The molecule has 1 amide bonds. The van der Waals surface area contributed by atoms with Gasteiger partial charge in [-0.15, -0.1) is 11.3 Å². The lowest BCUT2D eigenvalue weighted by molar-refractivity contribution is -0.113. The molecule has 1 aliphatic heterocycles. The number of nitrogens with zero attached hydrogens (tertiary/aromatic N) is 4. The van der Waals surface area contributed by atoms with Crippen molar-refractivity contribution in [3.8, 4) is 5.69 Å². The summed E-state index contributed by atoms with van der Waals surface area (Å²) in [6.07, 6.45) is 1.82. The van der Waals surface area contributed by atoms with Crippen LogP contribution in [0.5, 0.6) is 0 Å². The first-order valence-electron chi connectivity index (χ1n) is 9.99. The first-order chi connectivity index (χ1) is 14.8. The van der Waals surface area contributed by atoms with E-state index in [2.05, 4.69) is 4.99 Å². The summed E-state index contributed by atoms with van der Waals surface area (Å²) < 4.78 is 3.36. The van der Waals surface area contributed by atoms with Crippen LogP contribution in [0.3, 0.4) is 0 Å². The van der Waals surface area contributed by atoms with Gasteiger partial charge in [0.15, 0.2) is 5.17 Å². The number of thiophene rings is 1. The lowest BCUT2D eigenvalue weighted by Gasteiger charge is -2.17. The third-order valence-corrected chi connectivity index (χ3v) is 7.01. The molecule has 0 unspecified atom stereocenters. The fraction of sp³-hybridized carbons (Fsp3) is 0.261. The molecule has 0 saturated heterocycles. The summed E-state index contributed by atoms with van der Waals surface area (Å²) in [5.41, 5.74) is 2.99. The van der Waals surface area contributed by atoms with E-state index in [0.717, 1.165) is 16.1 Å². The summed E-state index contributed by atoms with van der Waals surface area (Å²) in [4.78, 5) is 34.1. The van der Waals surface area contributed by atoms with Crippen molar-refractivity contribution in [1.29, 1.82) is 0 Å². The van der Waals surface area contributed by atoms with E-state index in [9.17, 15) is 9.59 Å². The van der Waals surface area contributed by atoms with Crippen LogP contribution < -0.4 is 10.5 Å². The van der Waals surface area contributed by atoms with Crippen molar-refractivity contribution in [1.82, 2.24) is 9.36 Å². The minimum Gasteiger partial charge on any atom is -0.283 e. The summed E-state index contributed by atoms with van der Waals surface area (Å²) in [6.45, 7) is 7.95. The molecule has 0 fully saturated rings. The molecule has 8 heteroatoms. The molecule has 0 bridgehead atoms. The lowest BCUT2D eigenvalue weighted by atomic mass is 10.2. The molecule has 1 aliphatic rings. The predicted octanol–water partition coefficient (Wildman–Crippen LogP) is 4.74. The number of amidine groups is 1. The van der Waals surface area contributed by atoms with Gasteiger partial charge in [-0.25, -0.2) is 14.6 Å². The van der Waals surface area contributed by atoms with Gasteiger partial charge >= 0.3 is 0 Å². The molecular weight excluding hydrogens is 428 g/mol. The maximum atomic E-state index is 13.5. The molecule has 3 heterocycles. The Morgan fingerprint density at radius 2 is 1.81 bits per heavy atom. The van der Waals surface area contributed by atoms with Crippen LogP contribution in [0.2, 0.25) is 0 Å². The Balaban J connectivity index is 1.86. The Kier molecular flexibility index (Phi) is 5.77. The average molecular weight is 453 g/mol. The van der Waals surface area contributed by atoms with Crippen LogP contribution in [0, 0.1) is 13.8 Å². The van der Waals surface area contributed by atoms with Crippen LogP contribution in [-0.4, -0.2) is 25.7 Å². The summed E-state index contributed by atoms with van der Waals surface area (Å²) in [6, 6.07) is 11.4. The van der Waals surface area contributed by atoms with Crippen molar-refractivity contribution in [3.63, 3.8) is 0 Å². The number of carbonyl (C=O) groups is 1. The zero-order chi connectivity index (χ0) is 22.3. The maximum Gasteiger partial charge on any atom is 0.296 e. The average Bonchev–Trinajstić information content (AvgIpc) is 3.33. The van der Waals surface area contributed by atoms with E-state index in [1.54, 1.807) is 20.7 Å². The highest BCUT2D eigenvalue weighted by Crippen LogP contribution is 2.32. The molecule has 6 nitrogen and oxygen atoms in total. The lowest BCUT2D eigenvalue weighted by Crippen LogP contribution is -2.35. The number of hydrogen-bond donors (Lipinski definition) is 0. The number of aliphatic imine (C=N–C) groups is 1. The molecule has 3 aromatic rings. The Bertz CT molecular complexity index is 1260. The maximum absolute atomic E-state index is 13.5. The summed E-state index contributed by atoms with van der Waals surface area (Å²) in [5.74, 6) is -0.276. The molecule has 1 aromatic carbocycles. The number of hydrogen-bond acceptors (Lipinski definition) is 5. The van der Waals surface area contributed by atoms with E-state index in [4.69, 9.17) is 0 Å². The van der Waals surface area contributed by atoms with Crippen molar-refractivity contribution in [3.05, 3.63) is 74.0 Å². The number of thioether (sulfide) groups is 1. The quantitative estimate of drug-likeness (QED) is 0.537. The van der Waals surface area contributed by atoms with E-state index in [0.29, 0.717) is 22.2 Å². The van der Waals surface area contributed by atoms with Crippen molar-refractivity contribution in [2.45, 2.75) is 32.9 Å². The fourth-order valence-corrected chi connectivity index (χ4v) is 5.16. The number of carbonyl (C=O) groups excluding carboxylic acids is 1. The molecule has 160 valence electrons. The number of rotatable bonds is 4. The minimum atomic E-state index is -0.276. The number of benzene rings is 1. The van der Waals surface area contributed by atoms with Gasteiger partial charge in [0.05, 0.1) is 11.4 Å². The van der Waals surface area contributed by atoms with Crippen molar-refractivity contribution >= 4 is 45.9 Å². The highest BCUT2D eigenvalue weighted by Gasteiger charge is 2.37.